The standard InChI is InChI=1S/C10H11NO3/c1-6-9(14-8-2-3-8)4-7(5-11-6)10(12)13/h4-5,8H,2-3H2,1H3,(H,12,13). The third-order valence-corrected chi connectivity index (χ3v) is 2.11. The quantitative estimate of drug-likeness (QED) is 0.792. The number of ether oxygens (including phenoxy) is 1. The molecule has 1 fully saturated rings. The number of hydrogen-bond acceptors (Lipinski definition) is 3. The summed E-state index contributed by atoms with van der Waals surface area (Å²) < 4.78 is 5.52. The number of nitrogens with zero attached hydrogens (tertiary/aromatic N) is 1. The smallest absolute Gasteiger partial charge is 0.337 e. The molecule has 14 heavy (non-hydrogen) atoms. The van der Waals surface area contributed by atoms with Crippen LogP contribution in [-0.2, 0) is 0 Å². The summed E-state index contributed by atoms with van der Waals surface area (Å²) in [6, 6.07) is 1.53. The van der Waals surface area contributed by atoms with Gasteiger partial charge in [0.05, 0.1) is 17.4 Å². The van der Waals surface area contributed by atoms with Gasteiger partial charge in [-0.05, 0) is 25.8 Å². The number of aromatic nitrogens is 1. The zero-order valence-corrected chi connectivity index (χ0v) is 7.86. The third-order valence-electron chi connectivity index (χ3n) is 2.11. The molecule has 0 radical (unpaired) electrons. The molecule has 0 atom stereocenters. The lowest BCUT2D eigenvalue weighted by molar-refractivity contribution is 0.0695. The molecule has 1 aliphatic rings. The number of aromatic carboxylic acids is 1. The van der Waals surface area contributed by atoms with Crippen molar-refractivity contribution in [1.82, 2.24) is 4.98 Å². The normalized spacial score (nSPS) is 15.2. The first-order valence-electron chi connectivity index (χ1n) is 4.53. The minimum absolute atomic E-state index is 0.172. The molecule has 2 rings (SSSR count). The van der Waals surface area contributed by atoms with E-state index in [1.807, 2.05) is 6.92 Å². The van der Waals surface area contributed by atoms with Crippen molar-refractivity contribution < 1.29 is 14.6 Å². The van der Waals surface area contributed by atoms with Crippen molar-refractivity contribution in [3.05, 3.63) is 23.5 Å². The third kappa shape index (κ3) is 1.84. The van der Waals surface area contributed by atoms with Gasteiger partial charge in [0.15, 0.2) is 0 Å². The summed E-state index contributed by atoms with van der Waals surface area (Å²) in [5, 5.41) is 8.75. The Morgan fingerprint density at radius 2 is 2.36 bits per heavy atom. The molecule has 74 valence electrons. The fourth-order valence-electron chi connectivity index (χ4n) is 1.11. The molecule has 0 unspecified atom stereocenters. The number of aryl methyl sites for hydroxylation is 1. The van der Waals surface area contributed by atoms with E-state index in [0.29, 0.717) is 5.75 Å². The van der Waals surface area contributed by atoms with Gasteiger partial charge in [0.2, 0.25) is 0 Å². The van der Waals surface area contributed by atoms with E-state index in [-0.39, 0.29) is 11.7 Å². The van der Waals surface area contributed by atoms with E-state index in [4.69, 9.17) is 9.84 Å². The highest BCUT2D eigenvalue weighted by Gasteiger charge is 2.24. The van der Waals surface area contributed by atoms with Crippen molar-refractivity contribution in [3.63, 3.8) is 0 Å². The van der Waals surface area contributed by atoms with Crippen LogP contribution in [0.25, 0.3) is 0 Å². The molecule has 1 aromatic heterocycles. The van der Waals surface area contributed by atoms with Crippen LogP contribution in [-0.4, -0.2) is 22.2 Å². The summed E-state index contributed by atoms with van der Waals surface area (Å²) in [5.41, 5.74) is 0.910. The van der Waals surface area contributed by atoms with Gasteiger partial charge in [0.1, 0.15) is 5.75 Å². The molecular formula is C10H11NO3. The van der Waals surface area contributed by atoms with Gasteiger partial charge in [-0.3, -0.25) is 4.98 Å². The van der Waals surface area contributed by atoms with E-state index in [9.17, 15) is 4.79 Å². The lowest BCUT2D eigenvalue weighted by atomic mass is 10.2. The number of rotatable bonds is 3. The van der Waals surface area contributed by atoms with E-state index in [0.717, 1.165) is 18.5 Å². The molecule has 1 heterocycles. The second kappa shape index (κ2) is 3.29. The molecular weight excluding hydrogens is 182 g/mol. The van der Waals surface area contributed by atoms with Crippen molar-refractivity contribution in [2.24, 2.45) is 0 Å². The van der Waals surface area contributed by atoms with Crippen LogP contribution < -0.4 is 4.74 Å². The average Bonchev–Trinajstić information content (AvgIpc) is 2.92. The monoisotopic (exact) mass is 193 g/mol. The van der Waals surface area contributed by atoms with E-state index in [1.54, 1.807) is 0 Å². The molecule has 0 aliphatic heterocycles. The zero-order chi connectivity index (χ0) is 10.1. The van der Waals surface area contributed by atoms with Gasteiger partial charge in [-0.2, -0.15) is 0 Å². The van der Waals surface area contributed by atoms with Gasteiger partial charge in [-0.1, -0.05) is 0 Å². The Bertz CT molecular complexity index is 372. The number of carbonyl (C=O) groups is 1. The topological polar surface area (TPSA) is 59.4 Å². The molecule has 4 heteroatoms. The van der Waals surface area contributed by atoms with Crippen LogP contribution in [0.1, 0.15) is 28.9 Å². The fourth-order valence-corrected chi connectivity index (χ4v) is 1.11. The maximum atomic E-state index is 10.7. The highest BCUT2D eigenvalue weighted by atomic mass is 16.5. The van der Waals surface area contributed by atoms with Crippen LogP contribution in [0.5, 0.6) is 5.75 Å². The van der Waals surface area contributed by atoms with Gasteiger partial charge < -0.3 is 9.84 Å². The molecule has 1 N–H and O–H groups in total. The average molecular weight is 193 g/mol. The molecule has 0 saturated heterocycles. The van der Waals surface area contributed by atoms with Crippen LogP contribution >= 0.6 is 0 Å². The highest BCUT2D eigenvalue weighted by Crippen LogP contribution is 2.28. The molecule has 0 spiro atoms. The van der Waals surface area contributed by atoms with Gasteiger partial charge in [0, 0.05) is 6.20 Å². The van der Waals surface area contributed by atoms with Crippen molar-refractivity contribution in [2.75, 3.05) is 0 Å². The predicted octanol–water partition coefficient (Wildman–Crippen LogP) is 1.63. The SMILES string of the molecule is Cc1ncc(C(=O)O)cc1OC1CC1. The number of carboxylic acids is 1. The number of pyridine rings is 1. The lowest BCUT2D eigenvalue weighted by Gasteiger charge is -2.07. The summed E-state index contributed by atoms with van der Waals surface area (Å²) in [6.07, 6.45) is 3.71. The Kier molecular flexibility index (Phi) is 2.11. The second-order valence-corrected chi connectivity index (χ2v) is 3.43. The summed E-state index contributed by atoms with van der Waals surface area (Å²) in [7, 11) is 0. The van der Waals surface area contributed by atoms with Gasteiger partial charge in [0.25, 0.3) is 0 Å². The molecule has 1 saturated carbocycles. The minimum atomic E-state index is -0.974. The molecule has 1 aliphatic carbocycles. The molecule has 4 nitrogen and oxygen atoms in total. The first kappa shape index (κ1) is 8.99. The van der Waals surface area contributed by atoms with Gasteiger partial charge in [-0.15, -0.1) is 0 Å². The van der Waals surface area contributed by atoms with Gasteiger partial charge in [-0.25, -0.2) is 4.79 Å². The van der Waals surface area contributed by atoms with E-state index >= 15 is 0 Å². The van der Waals surface area contributed by atoms with Crippen LogP contribution in [0.2, 0.25) is 0 Å². The first-order chi connectivity index (χ1) is 6.66. The van der Waals surface area contributed by atoms with Gasteiger partial charge >= 0.3 is 5.97 Å². The molecule has 0 aromatic carbocycles. The largest absolute Gasteiger partial charge is 0.489 e. The van der Waals surface area contributed by atoms with Crippen LogP contribution in [0.15, 0.2) is 12.3 Å². The van der Waals surface area contributed by atoms with Crippen molar-refractivity contribution in [3.8, 4) is 5.75 Å². The Morgan fingerprint density at radius 1 is 1.64 bits per heavy atom. The maximum Gasteiger partial charge on any atom is 0.337 e. The van der Waals surface area contributed by atoms with E-state index in [2.05, 4.69) is 4.98 Å². The molecule has 0 amide bonds. The van der Waals surface area contributed by atoms with Crippen molar-refractivity contribution >= 4 is 5.97 Å². The summed E-state index contributed by atoms with van der Waals surface area (Å²) in [6.45, 7) is 1.81. The Morgan fingerprint density at radius 3 is 2.93 bits per heavy atom. The fraction of sp³-hybridized carbons (Fsp3) is 0.400. The zero-order valence-electron chi connectivity index (χ0n) is 7.86. The highest BCUT2D eigenvalue weighted by molar-refractivity contribution is 5.87. The predicted molar refractivity (Wildman–Crippen MR) is 49.6 cm³/mol. The Balaban J connectivity index is 2.26. The van der Waals surface area contributed by atoms with E-state index in [1.165, 1.54) is 12.3 Å². The van der Waals surface area contributed by atoms with E-state index < -0.39 is 5.97 Å². The number of hydrogen-bond donors (Lipinski definition) is 1. The summed E-state index contributed by atoms with van der Waals surface area (Å²) >= 11 is 0. The van der Waals surface area contributed by atoms with Crippen LogP contribution in [0.3, 0.4) is 0 Å². The summed E-state index contributed by atoms with van der Waals surface area (Å²) in [5.74, 6) is -0.384. The van der Waals surface area contributed by atoms with Crippen LogP contribution in [0, 0.1) is 6.92 Å². The maximum absolute atomic E-state index is 10.7. The minimum Gasteiger partial charge on any atom is -0.489 e. The van der Waals surface area contributed by atoms with Crippen LogP contribution in [0.4, 0.5) is 0 Å². The van der Waals surface area contributed by atoms with Crippen molar-refractivity contribution in [2.45, 2.75) is 25.9 Å². The second-order valence-electron chi connectivity index (χ2n) is 3.43. The number of carboxylic acid groups (broad SMARTS) is 1. The Labute approximate surface area is 81.5 Å². The first-order valence-corrected chi connectivity index (χ1v) is 4.53. The summed E-state index contributed by atoms with van der Waals surface area (Å²) in [4.78, 5) is 14.6. The molecule has 1 aromatic rings. The Hall–Kier alpha value is -1.58. The molecule has 0 bridgehead atoms. The van der Waals surface area contributed by atoms with Crippen molar-refractivity contribution in [1.29, 1.82) is 0 Å². The lowest BCUT2D eigenvalue weighted by Crippen LogP contribution is -2.03.